The van der Waals surface area contributed by atoms with E-state index < -0.39 is 16.9 Å². The molecule has 0 fully saturated rings. The molecule has 23 heavy (non-hydrogen) atoms. The Morgan fingerprint density at radius 2 is 1.96 bits per heavy atom. The van der Waals surface area contributed by atoms with Crippen molar-refractivity contribution in [1.29, 1.82) is 0 Å². The molecule has 1 aromatic carbocycles. The highest BCUT2D eigenvalue weighted by atomic mass is 16.6. The van der Waals surface area contributed by atoms with Crippen LogP contribution >= 0.6 is 0 Å². The number of nitrogens with zero attached hydrogens (tertiary/aromatic N) is 2. The van der Waals surface area contributed by atoms with Gasteiger partial charge in [0.2, 0.25) is 0 Å². The molecule has 0 atom stereocenters. The van der Waals surface area contributed by atoms with Gasteiger partial charge >= 0.3 is 11.9 Å². The lowest BCUT2D eigenvalue weighted by atomic mass is 10.1. The average molecular weight is 323 g/mol. The number of nitro benzene ring substituents is 1. The van der Waals surface area contributed by atoms with E-state index in [4.69, 9.17) is 9.84 Å². The van der Waals surface area contributed by atoms with Crippen molar-refractivity contribution in [2.75, 3.05) is 12.0 Å². The number of carboxylic acid groups (broad SMARTS) is 1. The maximum atomic E-state index is 11.8. The summed E-state index contributed by atoms with van der Waals surface area (Å²) in [5.74, 6) is -1.59. The van der Waals surface area contributed by atoms with Crippen molar-refractivity contribution in [1.82, 2.24) is 0 Å². The van der Waals surface area contributed by atoms with Crippen LogP contribution in [0, 0.1) is 10.1 Å². The molecule has 0 heterocycles. The second-order valence-electron chi connectivity index (χ2n) is 4.44. The first kappa shape index (κ1) is 18.1. The number of hydrogen-bond acceptors (Lipinski definition) is 7. The zero-order valence-electron chi connectivity index (χ0n) is 12.5. The van der Waals surface area contributed by atoms with Crippen molar-refractivity contribution in [2.24, 2.45) is 5.10 Å². The Morgan fingerprint density at radius 1 is 1.30 bits per heavy atom. The Bertz CT molecular complexity index is 597. The third-order valence-electron chi connectivity index (χ3n) is 2.71. The number of hydrogen-bond donors (Lipinski definition) is 2. The Hall–Kier alpha value is -2.97. The van der Waals surface area contributed by atoms with Crippen molar-refractivity contribution >= 4 is 29.0 Å². The Kier molecular flexibility index (Phi) is 7.18. The summed E-state index contributed by atoms with van der Waals surface area (Å²) in [5, 5.41) is 23.1. The lowest BCUT2D eigenvalue weighted by molar-refractivity contribution is -0.384. The number of benzene rings is 1. The smallest absolute Gasteiger partial charge is 0.354 e. The van der Waals surface area contributed by atoms with E-state index in [1.807, 2.05) is 0 Å². The Balaban J connectivity index is 2.75. The monoisotopic (exact) mass is 323 g/mol. The highest BCUT2D eigenvalue weighted by molar-refractivity contribution is 6.36. The summed E-state index contributed by atoms with van der Waals surface area (Å²) in [5.41, 5.74) is 3.06. The summed E-state index contributed by atoms with van der Waals surface area (Å²) in [4.78, 5) is 32.3. The number of non-ortho nitro benzene ring substituents is 1. The lowest BCUT2D eigenvalue weighted by Gasteiger charge is -2.06. The quantitative estimate of drug-likeness (QED) is 0.308. The number of rotatable bonds is 9. The van der Waals surface area contributed by atoms with E-state index in [9.17, 15) is 19.7 Å². The van der Waals surface area contributed by atoms with Gasteiger partial charge in [0, 0.05) is 18.6 Å². The van der Waals surface area contributed by atoms with Gasteiger partial charge in [0.25, 0.3) is 5.69 Å². The molecule has 2 N–H and O–H groups in total. The van der Waals surface area contributed by atoms with Crippen LogP contribution in [0.4, 0.5) is 11.4 Å². The van der Waals surface area contributed by atoms with Gasteiger partial charge in [-0.05, 0) is 31.9 Å². The van der Waals surface area contributed by atoms with Crippen molar-refractivity contribution in [2.45, 2.75) is 26.2 Å². The van der Waals surface area contributed by atoms with Gasteiger partial charge in [-0.25, -0.2) is 4.79 Å². The fourth-order valence-corrected chi connectivity index (χ4v) is 1.61. The molecule has 0 bridgehead atoms. The number of hydrazone groups is 1. The van der Waals surface area contributed by atoms with E-state index in [1.165, 1.54) is 24.3 Å². The first-order valence-corrected chi connectivity index (χ1v) is 6.90. The highest BCUT2D eigenvalue weighted by Crippen LogP contribution is 2.15. The van der Waals surface area contributed by atoms with Crippen LogP contribution in [-0.2, 0) is 14.3 Å². The van der Waals surface area contributed by atoms with E-state index in [-0.39, 0.29) is 37.3 Å². The van der Waals surface area contributed by atoms with Crippen LogP contribution in [0.2, 0.25) is 0 Å². The molecule has 0 saturated carbocycles. The fraction of sp³-hybridized carbons (Fsp3) is 0.357. The summed E-state index contributed by atoms with van der Waals surface area (Å²) in [7, 11) is 0. The molecule has 0 aliphatic rings. The molecule has 0 unspecified atom stereocenters. The van der Waals surface area contributed by atoms with Gasteiger partial charge in [0.15, 0.2) is 0 Å². The molecule has 9 heteroatoms. The number of carbonyl (C=O) groups excluding carboxylic acids is 1. The van der Waals surface area contributed by atoms with Gasteiger partial charge in [0.05, 0.1) is 17.2 Å². The number of carbonyl (C=O) groups is 2. The molecule has 1 aromatic rings. The molecule has 0 aromatic heterocycles. The molecule has 0 aliphatic heterocycles. The van der Waals surface area contributed by atoms with Crippen LogP contribution < -0.4 is 5.43 Å². The van der Waals surface area contributed by atoms with Crippen LogP contribution in [0.5, 0.6) is 0 Å². The Morgan fingerprint density at radius 3 is 2.48 bits per heavy atom. The van der Waals surface area contributed by atoms with Crippen LogP contribution in [0.3, 0.4) is 0 Å². The van der Waals surface area contributed by atoms with E-state index in [2.05, 4.69) is 10.5 Å². The number of ether oxygens (including phenoxy) is 1. The van der Waals surface area contributed by atoms with Crippen molar-refractivity contribution < 1.29 is 24.4 Å². The SMILES string of the molecule is CCOC(=O)/C(CCCC(=O)O)=N\Nc1ccc([N+](=O)[O-])cc1. The molecule has 124 valence electrons. The predicted molar refractivity (Wildman–Crippen MR) is 82.3 cm³/mol. The maximum Gasteiger partial charge on any atom is 0.354 e. The molecule has 0 aliphatic carbocycles. The molecular formula is C14H17N3O6. The van der Waals surface area contributed by atoms with Gasteiger partial charge in [-0.1, -0.05) is 0 Å². The Labute approximate surface area is 132 Å². The van der Waals surface area contributed by atoms with Gasteiger partial charge < -0.3 is 9.84 Å². The third kappa shape index (κ3) is 6.55. The largest absolute Gasteiger partial charge is 0.481 e. The third-order valence-corrected chi connectivity index (χ3v) is 2.71. The van der Waals surface area contributed by atoms with E-state index in [1.54, 1.807) is 6.92 Å². The van der Waals surface area contributed by atoms with E-state index in [0.717, 1.165) is 0 Å². The highest BCUT2D eigenvalue weighted by Gasteiger charge is 2.13. The average Bonchev–Trinajstić information content (AvgIpc) is 2.50. The van der Waals surface area contributed by atoms with Crippen LogP contribution in [0.25, 0.3) is 0 Å². The summed E-state index contributed by atoms with van der Waals surface area (Å²) < 4.78 is 4.85. The molecular weight excluding hydrogens is 306 g/mol. The topological polar surface area (TPSA) is 131 Å². The summed E-state index contributed by atoms with van der Waals surface area (Å²) in [6, 6.07) is 5.49. The minimum absolute atomic E-state index is 0.0615. The van der Waals surface area contributed by atoms with Crippen molar-refractivity contribution in [3.8, 4) is 0 Å². The molecule has 0 amide bonds. The fourth-order valence-electron chi connectivity index (χ4n) is 1.61. The van der Waals surface area contributed by atoms with E-state index >= 15 is 0 Å². The molecule has 9 nitrogen and oxygen atoms in total. The van der Waals surface area contributed by atoms with Gasteiger partial charge in [-0.15, -0.1) is 0 Å². The normalized spacial score (nSPS) is 10.9. The second-order valence-corrected chi connectivity index (χ2v) is 4.44. The van der Waals surface area contributed by atoms with Crippen LogP contribution in [0.15, 0.2) is 29.4 Å². The minimum Gasteiger partial charge on any atom is -0.481 e. The summed E-state index contributed by atoms with van der Waals surface area (Å²) >= 11 is 0. The number of anilines is 1. The van der Waals surface area contributed by atoms with Gasteiger partial charge in [-0.3, -0.25) is 20.3 Å². The summed E-state index contributed by atoms with van der Waals surface area (Å²) in [6.45, 7) is 1.82. The minimum atomic E-state index is -0.962. The van der Waals surface area contributed by atoms with Gasteiger partial charge in [-0.2, -0.15) is 5.10 Å². The summed E-state index contributed by atoms with van der Waals surface area (Å²) in [6.07, 6.45) is 0.302. The van der Waals surface area contributed by atoms with Crippen molar-refractivity contribution in [3.05, 3.63) is 34.4 Å². The number of aliphatic carboxylic acids is 1. The first-order valence-electron chi connectivity index (χ1n) is 6.90. The van der Waals surface area contributed by atoms with Gasteiger partial charge in [0.1, 0.15) is 5.71 Å². The molecule has 1 rings (SSSR count). The maximum absolute atomic E-state index is 11.8. The van der Waals surface area contributed by atoms with Crippen molar-refractivity contribution in [3.63, 3.8) is 0 Å². The first-order chi connectivity index (χ1) is 10.9. The molecule has 0 spiro atoms. The zero-order chi connectivity index (χ0) is 17.2. The predicted octanol–water partition coefficient (Wildman–Crippen LogP) is 2.18. The standard InChI is InChI=1S/C14H17N3O6/c1-2-23-14(20)12(4-3-5-13(18)19)16-15-10-6-8-11(9-7-10)17(21)22/h6-9,15H,2-5H2,1H3,(H,18,19)/b16-12-. The second kappa shape index (κ2) is 9.13. The number of nitrogens with one attached hydrogen (secondary N) is 1. The number of carboxylic acids is 1. The number of nitro groups is 1. The van der Waals surface area contributed by atoms with Crippen LogP contribution in [-0.4, -0.2) is 34.3 Å². The van der Waals surface area contributed by atoms with E-state index in [0.29, 0.717) is 5.69 Å². The van der Waals surface area contributed by atoms with Crippen LogP contribution in [0.1, 0.15) is 26.2 Å². The molecule has 0 radical (unpaired) electrons. The number of esters is 1. The zero-order valence-corrected chi connectivity index (χ0v) is 12.5. The molecule has 0 saturated heterocycles. The lowest BCUT2D eigenvalue weighted by Crippen LogP contribution is -2.19.